The van der Waals surface area contributed by atoms with Crippen LogP contribution in [0.3, 0.4) is 0 Å². The highest BCUT2D eigenvalue weighted by molar-refractivity contribution is 8.05. The minimum atomic E-state index is -0.584. The summed E-state index contributed by atoms with van der Waals surface area (Å²) in [5, 5.41) is 19.0. The number of nitriles is 2. The Morgan fingerprint density at radius 1 is 1.00 bits per heavy atom. The molecule has 4 rings (SSSR count). The van der Waals surface area contributed by atoms with Crippen LogP contribution < -0.4 is 5.73 Å². The van der Waals surface area contributed by atoms with E-state index in [0.717, 1.165) is 11.1 Å². The molecule has 6 heteroatoms. The number of allylic oxidation sites excluding steroid dienone is 2. The van der Waals surface area contributed by atoms with Crippen LogP contribution in [0.4, 0.5) is 0 Å². The molecule has 2 N–H and O–H groups in total. The lowest BCUT2D eigenvalue weighted by atomic mass is 9.90. The fourth-order valence-corrected chi connectivity index (χ4v) is 4.55. The predicted octanol–water partition coefficient (Wildman–Crippen LogP) is 3.61. The van der Waals surface area contributed by atoms with Crippen LogP contribution in [0.2, 0.25) is 0 Å². The van der Waals surface area contributed by atoms with Crippen LogP contribution in [0.25, 0.3) is 11.6 Å². The van der Waals surface area contributed by atoms with Crippen molar-refractivity contribution < 1.29 is 4.79 Å². The van der Waals surface area contributed by atoms with Gasteiger partial charge in [0.05, 0.1) is 16.5 Å². The quantitative estimate of drug-likeness (QED) is 0.801. The summed E-state index contributed by atoms with van der Waals surface area (Å²) in [6.45, 7) is 0. The molecule has 2 aromatic carbocycles. The van der Waals surface area contributed by atoms with Crippen molar-refractivity contribution in [2.75, 3.05) is 0 Å². The first-order valence-electron chi connectivity index (χ1n) is 8.52. The molecule has 1 amide bonds. The minimum Gasteiger partial charge on any atom is -0.384 e. The van der Waals surface area contributed by atoms with Gasteiger partial charge < -0.3 is 5.73 Å². The molecule has 0 saturated carbocycles. The van der Waals surface area contributed by atoms with Crippen molar-refractivity contribution in [2.24, 2.45) is 5.73 Å². The molecule has 28 heavy (non-hydrogen) atoms. The Morgan fingerprint density at radius 3 is 2.25 bits per heavy atom. The Kier molecular flexibility index (Phi) is 4.49. The van der Waals surface area contributed by atoms with Crippen molar-refractivity contribution >= 4 is 29.3 Å². The minimum absolute atomic E-state index is 0.0827. The number of carbonyl (C=O) groups is 1. The zero-order valence-corrected chi connectivity index (χ0v) is 15.5. The largest absolute Gasteiger partial charge is 0.384 e. The number of fused-ring (bicyclic) bond motifs is 1. The molecule has 1 saturated heterocycles. The Labute approximate surface area is 166 Å². The van der Waals surface area contributed by atoms with Crippen LogP contribution in [0.1, 0.15) is 11.1 Å². The highest BCUT2D eigenvalue weighted by Gasteiger charge is 2.45. The van der Waals surface area contributed by atoms with E-state index < -0.39 is 5.37 Å². The number of nitrogens with zero attached hydrogens (tertiary/aromatic N) is 3. The summed E-state index contributed by atoms with van der Waals surface area (Å²) < 4.78 is 0. The van der Waals surface area contributed by atoms with E-state index in [4.69, 9.17) is 5.73 Å². The average Bonchev–Trinajstić information content (AvgIpc) is 3.05. The zero-order valence-electron chi connectivity index (χ0n) is 14.7. The molecule has 1 atom stereocenters. The number of carbonyl (C=O) groups excluding carboxylic acids is 1. The second-order valence-corrected chi connectivity index (χ2v) is 7.33. The molecule has 134 valence electrons. The van der Waals surface area contributed by atoms with Crippen LogP contribution in [-0.2, 0) is 4.79 Å². The number of hydrogen-bond acceptors (Lipinski definition) is 5. The van der Waals surface area contributed by atoms with E-state index in [1.807, 2.05) is 60.7 Å². The van der Waals surface area contributed by atoms with E-state index in [9.17, 15) is 15.3 Å². The summed E-state index contributed by atoms with van der Waals surface area (Å²) in [7, 11) is 0. The number of nitrogens with two attached hydrogens (primary N) is 1. The maximum Gasteiger partial charge on any atom is 0.267 e. The molecule has 1 fully saturated rings. The van der Waals surface area contributed by atoms with Crippen molar-refractivity contribution in [3.8, 4) is 12.1 Å². The van der Waals surface area contributed by atoms with Gasteiger partial charge in [0.2, 0.25) is 0 Å². The highest BCUT2D eigenvalue weighted by Crippen LogP contribution is 2.47. The van der Waals surface area contributed by atoms with Crippen LogP contribution >= 0.6 is 11.8 Å². The molecule has 2 aliphatic heterocycles. The van der Waals surface area contributed by atoms with Crippen molar-refractivity contribution in [3.63, 3.8) is 0 Å². The van der Waals surface area contributed by atoms with Gasteiger partial charge >= 0.3 is 0 Å². The summed E-state index contributed by atoms with van der Waals surface area (Å²) in [6.07, 6.45) is 1.78. The lowest BCUT2D eigenvalue weighted by Crippen LogP contribution is -2.40. The first-order valence-corrected chi connectivity index (χ1v) is 9.40. The molecule has 0 spiro atoms. The van der Waals surface area contributed by atoms with Gasteiger partial charge in [-0.25, -0.2) is 0 Å². The van der Waals surface area contributed by atoms with Gasteiger partial charge in [-0.05, 0) is 17.2 Å². The number of rotatable bonds is 2. The van der Waals surface area contributed by atoms with Gasteiger partial charge in [-0.2, -0.15) is 10.5 Å². The number of hydrogen-bond donors (Lipinski definition) is 1. The molecule has 2 heterocycles. The molecule has 5 nitrogen and oxygen atoms in total. The first-order chi connectivity index (χ1) is 13.7. The standard InChI is InChI=1S/C22H14N4OS/c23-12-16-19(15-9-5-2-6-10-15)17(13-24)22-26(20(16)25)21(27)18(28-22)11-14-7-3-1-4-8-14/h1-11,22H,25H2/b18-11+/t22-/m0/s1. The third-order valence-electron chi connectivity index (χ3n) is 4.58. The number of benzene rings is 2. The van der Waals surface area contributed by atoms with Gasteiger partial charge in [-0.3, -0.25) is 9.69 Å². The molecule has 0 radical (unpaired) electrons. The second kappa shape index (κ2) is 7.11. The van der Waals surface area contributed by atoms with Gasteiger partial charge in [0.25, 0.3) is 5.91 Å². The van der Waals surface area contributed by atoms with Crippen molar-refractivity contribution in [1.82, 2.24) is 4.90 Å². The lowest BCUT2D eigenvalue weighted by Gasteiger charge is -2.30. The van der Waals surface area contributed by atoms with E-state index in [1.54, 1.807) is 6.08 Å². The van der Waals surface area contributed by atoms with E-state index in [0.29, 0.717) is 16.1 Å². The van der Waals surface area contributed by atoms with Crippen molar-refractivity contribution in [1.29, 1.82) is 10.5 Å². The Morgan fingerprint density at radius 2 is 1.64 bits per heavy atom. The Balaban J connectivity index is 1.88. The van der Waals surface area contributed by atoms with Gasteiger partial charge in [0.1, 0.15) is 22.8 Å². The van der Waals surface area contributed by atoms with Crippen LogP contribution in [-0.4, -0.2) is 16.2 Å². The molecule has 0 bridgehead atoms. The summed E-state index contributed by atoms with van der Waals surface area (Å²) in [6, 6.07) is 23.0. The number of thioether (sulfide) groups is 1. The van der Waals surface area contributed by atoms with Gasteiger partial charge in [-0.15, -0.1) is 0 Å². The summed E-state index contributed by atoms with van der Waals surface area (Å²) in [4.78, 5) is 14.8. The SMILES string of the molecule is N#CC1=C(N)N2C(=O)/C(=C\c3ccccc3)S[C@H]2C(C#N)=C1c1ccccc1. The molecular weight excluding hydrogens is 368 g/mol. The summed E-state index contributed by atoms with van der Waals surface area (Å²) >= 11 is 1.28. The van der Waals surface area contributed by atoms with E-state index >= 15 is 0 Å². The highest BCUT2D eigenvalue weighted by atomic mass is 32.2. The van der Waals surface area contributed by atoms with Gasteiger partial charge in [0, 0.05) is 5.57 Å². The Bertz CT molecular complexity index is 1130. The molecule has 2 aromatic rings. The summed E-state index contributed by atoms with van der Waals surface area (Å²) in [5.74, 6) is -0.219. The zero-order chi connectivity index (χ0) is 19.7. The topological polar surface area (TPSA) is 93.9 Å². The molecule has 0 aromatic heterocycles. The predicted molar refractivity (Wildman–Crippen MR) is 108 cm³/mol. The van der Waals surface area contributed by atoms with E-state index in [1.165, 1.54) is 16.7 Å². The fraction of sp³-hybridized carbons (Fsp3) is 0.0455. The third-order valence-corrected chi connectivity index (χ3v) is 5.79. The maximum atomic E-state index is 13.0. The maximum absolute atomic E-state index is 13.0. The lowest BCUT2D eigenvalue weighted by molar-refractivity contribution is -0.124. The van der Waals surface area contributed by atoms with E-state index in [2.05, 4.69) is 12.1 Å². The first kappa shape index (κ1) is 17.7. The normalized spacial score (nSPS) is 20.2. The summed E-state index contributed by atoms with van der Waals surface area (Å²) in [5.41, 5.74) is 8.85. The van der Waals surface area contributed by atoms with Gasteiger partial charge in [-0.1, -0.05) is 72.4 Å². The third kappa shape index (κ3) is 2.77. The van der Waals surface area contributed by atoms with Gasteiger partial charge in [0.15, 0.2) is 0 Å². The fourth-order valence-electron chi connectivity index (χ4n) is 3.30. The molecule has 0 unspecified atom stereocenters. The second-order valence-electron chi connectivity index (χ2n) is 6.20. The monoisotopic (exact) mass is 382 g/mol. The molecule has 0 aliphatic carbocycles. The van der Waals surface area contributed by atoms with Crippen molar-refractivity contribution in [3.05, 3.63) is 93.7 Å². The molecule has 2 aliphatic rings. The molecular formula is C22H14N4OS. The average molecular weight is 382 g/mol. The van der Waals surface area contributed by atoms with Crippen LogP contribution in [0.5, 0.6) is 0 Å². The van der Waals surface area contributed by atoms with Crippen LogP contribution in [0.15, 0.2) is 82.5 Å². The Hall–Kier alpha value is -3.74. The smallest absolute Gasteiger partial charge is 0.267 e. The van der Waals surface area contributed by atoms with E-state index in [-0.39, 0.29) is 17.3 Å². The van der Waals surface area contributed by atoms with Crippen LogP contribution in [0, 0.1) is 22.7 Å². The number of amides is 1. The van der Waals surface area contributed by atoms with Crippen molar-refractivity contribution in [2.45, 2.75) is 5.37 Å².